The number of halogens is 1. The fourth-order valence-corrected chi connectivity index (χ4v) is 5.80. The monoisotopic (exact) mass is 428 g/mol. The van der Waals surface area contributed by atoms with Crippen molar-refractivity contribution in [1.29, 1.82) is 0 Å². The molecule has 2 bridgehead atoms. The number of benzene rings is 1. The molecule has 29 heavy (non-hydrogen) atoms. The minimum Gasteiger partial charge on any atom is -0.375 e. The van der Waals surface area contributed by atoms with Crippen molar-refractivity contribution >= 4 is 46.4 Å². The largest absolute Gasteiger partial charge is 0.375 e. The van der Waals surface area contributed by atoms with E-state index >= 15 is 0 Å². The van der Waals surface area contributed by atoms with Crippen LogP contribution in [0.25, 0.3) is 0 Å². The van der Waals surface area contributed by atoms with Crippen molar-refractivity contribution in [3.8, 4) is 0 Å². The van der Waals surface area contributed by atoms with Crippen LogP contribution in [-0.2, 0) is 20.7 Å². The maximum absolute atomic E-state index is 14.1. The van der Waals surface area contributed by atoms with E-state index in [0.717, 1.165) is 0 Å². The summed E-state index contributed by atoms with van der Waals surface area (Å²) >= 11 is 11.7. The van der Waals surface area contributed by atoms with Crippen LogP contribution in [0.2, 0.25) is 0 Å². The summed E-state index contributed by atoms with van der Waals surface area (Å²) in [7, 11) is 1.61. The highest BCUT2D eigenvalue weighted by Crippen LogP contribution is 2.66. The number of carbonyl (C=O) groups excluding carboxylic acids is 2. The van der Waals surface area contributed by atoms with Gasteiger partial charge in [-0.2, -0.15) is 0 Å². The number of thiocarbonyl (C=S) groups is 1. The Bertz CT molecular complexity index is 1090. The molecule has 0 radical (unpaired) electrons. The molecule has 1 aromatic carbocycles. The van der Waals surface area contributed by atoms with Crippen LogP contribution in [0.3, 0.4) is 0 Å². The van der Waals surface area contributed by atoms with Crippen molar-refractivity contribution in [1.82, 2.24) is 0 Å². The van der Waals surface area contributed by atoms with Gasteiger partial charge < -0.3 is 10.0 Å². The molecule has 5 nitrogen and oxygen atoms in total. The Morgan fingerprint density at radius 1 is 1.34 bits per heavy atom. The van der Waals surface area contributed by atoms with Crippen LogP contribution >= 0.6 is 23.8 Å². The van der Waals surface area contributed by atoms with Crippen molar-refractivity contribution in [2.75, 3.05) is 11.9 Å². The molecule has 1 aliphatic heterocycles. The number of anilines is 1. The van der Waals surface area contributed by atoms with E-state index in [2.05, 4.69) is 16.7 Å². The van der Waals surface area contributed by atoms with Crippen LogP contribution in [0.15, 0.2) is 47.0 Å². The quantitative estimate of drug-likeness (QED) is 0.443. The Balaban J connectivity index is 2.33. The van der Waals surface area contributed by atoms with Gasteiger partial charge in [0.25, 0.3) is 5.91 Å². The molecule has 1 N–H and O–H groups in total. The van der Waals surface area contributed by atoms with Crippen LogP contribution < -0.4 is 4.90 Å². The number of amides is 1. The summed E-state index contributed by atoms with van der Waals surface area (Å²) in [6.07, 6.45) is 3.20. The summed E-state index contributed by atoms with van der Waals surface area (Å²) in [6, 6.07) is 5.19. The first-order chi connectivity index (χ1) is 13.5. The molecule has 0 aromatic heterocycles. The van der Waals surface area contributed by atoms with E-state index in [9.17, 15) is 14.7 Å². The Hall–Kier alpha value is -2.11. The smallest absolute Gasteiger partial charge is 0.264 e. The number of aliphatic hydroxyl groups is 1. The third kappa shape index (κ3) is 1.87. The van der Waals surface area contributed by atoms with Crippen molar-refractivity contribution in [3.63, 3.8) is 0 Å². The van der Waals surface area contributed by atoms with E-state index in [1.54, 1.807) is 58.2 Å². The molecule has 0 saturated carbocycles. The Morgan fingerprint density at radius 3 is 2.59 bits per heavy atom. The minimum absolute atomic E-state index is 0.293. The van der Waals surface area contributed by atoms with E-state index < -0.39 is 33.8 Å². The number of nitrogens with zero attached hydrogens (tertiary/aromatic N) is 2. The van der Waals surface area contributed by atoms with Crippen molar-refractivity contribution in [2.45, 2.75) is 31.9 Å². The van der Waals surface area contributed by atoms with Gasteiger partial charge in [-0.3, -0.25) is 9.59 Å². The van der Waals surface area contributed by atoms with Gasteiger partial charge in [-0.1, -0.05) is 49.7 Å². The molecule has 0 saturated heterocycles. The van der Waals surface area contributed by atoms with Gasteiger partial charge in [-0.15, -0.1) is 6.58 Å². The second-order valence-corrected chi connectivity index (χ2v) is 9.26. The van der Waals surface area contributed by atoms with Crippen LogP contribution in [0.1, 0.15) is 31.9 Å². The molecule has 1 aromatic rings. The van der Waals surface area contributed by atoms with Gasteiger partial charge >= 0.3 is 0 Å². The first-order valence-corrected chi connectivity index (χ1v) is 10.0. The molecule has 0 unspecified atom stereocenters. The highest BCUT2D eigenvalue weighted by atomic mass is 35.5. The van der Waals surface area contributed by atoms with E-state index in [-0.39, 0.29) is 5.78 Å². The van der Waals surface area contributed by atoms with Gasteiger partial charge in [0, 0.05) is 29.0 Å². The lowest BCUT2D eigenvalue weighted by molar-refractivity contribution is -0.158. The average Bonchev–Trinajstić information content (AvgIpc) is 2.88. The van der Waals surface area contributed by atoms with Crippen molar-refractivity contribution < 1.29 is 14.7 Å². The van der Waals surface area contributed by atoms with Crippen LogP contribution in [0.5, 0.6) is 0 Å². The van der Waals surface area contributed by atoms with Crippen LogP contribution in [0, 0.1) is 16.7 Å². The zero-order valence-corrected chi connectivity index (χ0v) is 18.2. The molecular weight excluding hydrogens is 408 g/mol. The van der Waals surface area contributed by atoms with Gasteiger partial charge in [-0.25, -0.2) is 4.99 Å². The van der Waals surface area contributed by atoms with Crippen molar-refractivity contribution in [2.24, 2.45) is 21.7 Å². The molecule has 3 aliphatic rings. The summed E-state index contributed by atoms with van der Waals surface area (Å²) in [4.78, 5) is 33.3. The number of hydrogen-bond donors (Lipinski definition) is 1. The number of rotatable bonds is 2. The summed E-state index contributed by atoms with van der Waals surface area (Å²) in [5.74, 6) is -1.66. The molecule has 150 valence electrons. The van der Waals surface area contributed by atoms with Crippen LogP contribution in [-0.4, -0.2) is 29.0 Å². The number of isothiocyanates is 1. The fourth-order valence-electron chi connectivity index (χ4n) is 5.33. The highest BCUT2D eigenvalue weighted by Gasteiger charge is 2.72. The maximum Gasteiger partial charge on any atom is 0.264 e. The lowest BCUT2D eigenvalue weighted by atomic mass is 9.56. The number of allylic oxidation sites excluding steroid dienone is 1. The zero-order chi connectivity index (χ0) is 21.6. The normalized spacial score (nSPS) is 36.7. The number of carbonyl (C=O) groups is 2. The van der Waals surface area contributed by atoms with Gasteiger partial charge in [0.2, 0.25) is 0 Å². The van der Waals surface area contributed by atoms with E-state index in [4.69, 9.17) is 23.8 Å². The van der Waals surface area contributed by atoms with E-state index in [1.807, 2.05) is 0 Å². The van der Waals surface area contributed by atoms with Gasteiger partial charge in [-0.05, 0) is 30.8 Å². The molecular formula is C22H21ClN2O3S. The third-order valence-electron chi connectivity index (χ3n) is 7.30. The number of ketones is 1. The molecule has 7 heteroatoms. The predicted molar refractivity (Wildman–Crippen MR) is 115 cm³/mol. The summed E-state index contributed by atoms with van der Waals surface area (Å²) < 4.78 is 0. The third-order valence-corrected chi connectivity index (χ3v) is 7.91. The average molecular weight is 429 g/mol. The number of fused-ring (bicyclic) bond motifs is 3. The standard InChI is InChI=1S/C22H21ClN2O3S/c1-6-20(4)15(23)10-13-17(26)21(20,24-11-29)12-8-7-9-14-16(12)22(28,19(13,2)3)18(27)25(14)5/h6-10,13,28H,1H2,2-5H3/t13-,20-,21+,22+/m1/s1. The second kappa shape index (κ2) is 5.73. The van der Waals surface area contributed by atoms with Crippen molar-refractivity contribution in [3.05, 3.63) is 53.1 Å². The predicted octanol–water partition coefficient (Wildman–Crippen LogP) is 3.70. The molecule has 4 atom stereocenters. The number of aliphatic imine (C=N–C) groups is 1. The Morgan fingerprint density at radius 2 is 2.00 bits per heavy atom. The SMILES string of the molecule is C=C[C@]1(C)C(Cl)=C[C@@H]2C(=O)[C@@]1(N=C=S)c1cccc3c1[C@](O)(C(=O)N3C)C2(C)C. The number of Topliss-reactive ketones (excluding diaryl/α,β-unsaturated/α-hetero) is 1. The molecule has 4 rings (SSSR count). The maximum atomic E-state index is 14.1. The number of hydrogen-bond acceptors (Lipinski definition) is 5. The first-order valence-electron chi connectivity index (χ1n) is 9.26. The summed E-state index contributed by atoms with van der Waals surface area (Å²) in [6.45, 7) is 9.10. The van der Waals surface area contributed by atoms with E-state index in [1.165, 1.54) is 4.90 Å². The Kier molecular flexibility index (Phi) is 3.99. The van der Waals surface area contributed by atoms with Gasteiger partial charge in [0.05, 0.1) is 16.3 Å². The molecule has 1 amide bonds. The first kappa shape index (κ1) is 20.2. The molecule has 0 spiro atoms. The Labute approximate surface area is 179 Å². The molecule has 0 fully saturated rings. The van der Waals surface area contributed by atoms with E-state index in [0.29, 0.717) is 21.8 Å². The second-order valence-electron chi connectivity index (χ2n) is 8.67. The highest BCUT2D eigenvalue weighted by molar-refractivity contribution is 7.78. The topological polar surface area (TPSA) is 70.0 Å². The van der Waals surface area contributed by atoms with Crippen LogP contribution in [0.4, 0.5) is 5.69 Å². The molecule has 2 aliphatic carbocycles. The lowest BCUT2D eigenvalue weighted by Crippen LogP contribution is -2.57. The molecule has 1 heterocycles. The van der Waals surface area contributed by atoms with Gasteiger partial charge in [0.15, 0.2) is 16.9 Å². The minimum atomic E-state index is -1.94. The zero-order valence-electron chi connectivity index (χ0n) is 16.6. The lowest BCUT2D eigenvalue weighted by Gasteiger charge is -2.48. The number of likely N-dealkylation sites (N-methyl/N-ethyl adjacent to an activating group) is 1. The fraction of sp³-hybridized carbons (Fsp3) is 0.409. The van der Waals surface area contributed by atoms with Gasteiger partial charge in [0.1, 0.15) is 0 Å². The summed E-state index contributed by atoms with van der Waals surface area (Å²) in [5.41, 5.74) is -4.55. The summed E-state index contributed by atoms with van der Waals surface area (Å²) in [5, 5.41) is 14.7.